The van der Waals surface area contributed by atoms with Crippen LogP contribution in [0.25, 0.3) is 0 Å². The summed E-state index contributed by atoms with van der Waals surface area (Å²) >= 11 is 0. The lowest BCUT2D eigenvalue weighted by Crippen LogP contribution is -2.22. The Kier molecular flexibility index (Phi) is 6.39. The van der Waals surface area contributed by atoms with Crippen LogP contribution in [0.15, 0.2) is 48.5 Å². The lowest BCUT2D eigenvalue weighted by Gasteiger charge is -2.19. The molecule has 0 aliphatic heterocycles. The summed E-state index contributed by atoms with van der Waals surface area (Å²) in [5, 5.41) is 2.69. The van der Waals surface area contributed by atoms with Crippen LogP contribution in [0.2, 0.25) is 0 Å². The third-order valence-corrected chi connectivity index (χ3v) is 3.79. The molecule has 0 bridgehead atoms. The number of hydrogen-bond donors (Lipinski definition) is 1. The van der Waals surface area contributed by atoms with Gasteiger partial charge in [-0.05, 0) is 42.2 Å². The van der Waals surface area contributed by atoms with E-state index in [9.17, 15) is 9.59 Å². The molecule has 1 amide bonds. The molecule has 2 aromatic carbocycles. The quantitative estimate of drug-likeness (QED) is 0.790. The fourth-order valence-corrected chi connectivity index (χ4v) is 2.37. The predicted octanol–water partition coefficient (Wildman–Crippen LogP) is 4.18. The van der Waals surface area contributed by atoms with Crippen LogP contribution in [0, 0.1) is 0 Å². The summed E-state index contributed by atoms with van der Waals surface area (Å²) in [6, 6.07) is 14.4. The number of ether oxygens (including phenoxy) is 2. The van der Waals surface area contributed by atoms with Crippen LogP contribution in [0.4, 0.5) is 5.69 Å². The van der Waals surface area contributed by atoms with Gasteiger partial charge in [-0.15, -0.1) is 0 Å². The zero-order chi connectivity index (χ0) is 19.2. The van der Waals surface area contributed by atoms with Gasteiger partial charge in [-0.3, -0.25) is 4.79 Å². The number of carbonyl (C=O) groups excluding carboxylic acids is 2. The first-order chi connectivity index (χ1) is 12.3. The molecule has 0 saturated heterocycles. The van der Waals surface area contributed by atoms with Gasteiger partial charge in [0.2, 0.25) is 0 Å². The van der Waals surface area contributed by atoms with Crippen LogP contribution in [0.3, 0.4) is 0 Å². The van der Waals surface area contributed by atoms with Gasteiger partial charge in [0.15, 0.2) is 6.61 Å². The summed E-state index contributed by atoms with van der Waals surface area (Å²) in [6.07, 6.45) is 0. The van der Waals surface area contributed by atoms with Crippen LogP contribution in [-0.4, -0.2) is 25.1 Å². The van der Waals surface area contributed by atoms with Crippen molar-refractivity contribution >= 4 is 17.6 Å². The molecule has 0 radical (unpaired) electrons. The number of nitrogens with one attached hydrogen (secondary N) is 1. The maximum Gasteiger partial charge on any atom is 0.340 e. The number of hydrogen-bond acceptors (Lipinski definition) is 4. The van der Waals surface area contributed by atoms with Crippen molar-refractivity contribution in [3.8, 4) is 5.75 Å². The number of carbonyl (C=O) groups is 2. The lowest BCUT2D eigenvalue weighted by molar-refractivity contribution is -0.118. The maximum atomic E-state index is 12.2. The molecule has 0 saturated carbocycles. The van der Waals surface area contributed by atoms with Gasteiger partial charge < -0.3 is 14.8 Å². The first-order valence-electron chi connectivity index (χ1n) is 8.60. The molecule has 1 N–H and O–H groups in total. The lowest BCUT2D eigenvalue weighted by atomic mass is 9.87. The van der Waals surface area contributed by atoms with Crippen molar-refractivity contribution in [2.75, 3.05) is 18.5 Å². The van der Waals surface area contributed by atoms with Crippen molar-refractivity contribution < 1.29 is 19.1 Å². The Morgan fingerprint density at radius 3 is 2.27 bits per heavy atom. The normalized spacial score (nSPS) is 10.9. The summed E-state index contributed by atoms with van der Waals surface area (Å²) in [5.74, 6) is -0.199. The van der Waals surface area contributed by atoms with Gasteiger partial charge in [0, 0.05) is 0 Å². The summed E-state index contributed by atoms with van der Waals surface area (Å²) in [5.41, 5.74) is 1.98. The third-order valence-electron chi connectivity index (χ3n) is 3.79. The monoisotopic (exact) mass is 355 g/mol. The zero-order valence-corrected chi connectivity index (χ0v) is 15.7. The molecular weight excluding hydrogens is 330 g/mol. The summed E-state index contributed by atoms with van der Waals surface area (Å²) < 4.78 is 10.5. The number of esters is 1. The third kappa shape index (κ3) is 5.34. The highest BCUT2D eigenvalue weighted by Gasteiger charge is 2.15. The van der Waals surface area contributed by atoms with E-state index in [0.29, 0.717) is 17.0 Å². The van der Waals surface area contributed by atoms with Crippen molar-refractivity contribution in [2.24, 2.45) is 0 Å². The van der Waals surface area contributed by atoms with Crippen LogP contribution >= 0.6 is 0 Å². The second-order valence-corrected chi connectivity index (χ2v) is 6.88. The molecule has 0 spiro atoms. The van der Waals surface area contributed by atoms with E-state index < -0.39 is 5.97 Å². The Balaban J connectivity index is 1.96. The van der Waals surface area contributed by atoms with E-state index in [0.717, 1.165) is 0 Å². The molecule has 2 rings (SSSR count). The molecule has 0 fully saturated rings. The minimum absolute atomic E-state index is 0.0622. The smallest absolute Gasteiger partial charge is 0.340 e. The van der Waals surface area contributed by atoms with Crippen molar-refractivity contribution in [2.45, 2.75) is 33.1 Å². The van der Waals surface area contributed by atoms with Gasteiger partial charge in [-0.2, -0.15) is 0 Å². The number of para-hydroxylation sites is 1. The molecule has 0 atom stereocenters. The van der Waals surface area contributed by atoms with E-state index in [4.69, 9.17) is 9.47 Å². The number of anilines is 1. The molecule has 0 aromatic heterocycles. The summed E-state index contributed by atoms with van der Waals surface area (Å²) in [7, 11) is 0. The zero-order valence-electron chi connectivity index (χ0n) is 15.7. The topological polar surface area (TPSA) is 64.6 Å². The van der Waals surface area contributed by atoms with Crippen LogP contribution < -0.4 is 10.1 Å². The van der Waals surface area contributed by atoms with Crippen molar-refractivity contribution in [1.82, 2.24) is 0 Å². The van der Waals surface area contributed by atoms with Gasteiger partial charge in [0.25, 0.3) is 5.91 Å². The van der Waals surface area contributed by atoms with E-state index in [1.807, 2.05) is 24.3 Å². The average Bonchev–Trinajstić information content (AvgIpc) is 2.60. The molecule has 26 heavy (non-hydrogen) atoms. The van der Waals surface area contributed by atoms with Crippen molar-refractivity contribution in [3.05, 3.63) is 59.7 Å². The van der Waals surface area contributed by atoms with E-state index in [1.165, 1.54) is 5.56 Å². The SMILES string of the molecule is CCOC(=O)c1ccccc1NC(=O)COc1ccc(C(C)(C)C)cc1. The molecule has 138 valence electrons. The van der Waals surface area contributed by atoms with Gasteiger partial charge in [0.05, 0.1) is 17.9 Å². The number of amides is 1. The maximum absolute atomic E-state index is 12.2. The van der Waals surface area contributed by atoms with Crippen LogP contribution in [0.5, 0.6) is 5.75 Å². The second-order valence-electron chi connectivity index (χ2n) is 6.88. The Morgan fingerprint density at radius 1 is 1.00 bits per heavy atom. The Labute approximate surface area is 154 Å². The minimum Gasteiger partial charge on any atom is -0.484 e. The van der Waals surface area contributed by atoms with Crippen LogP contribution in [0.1, 0.15) is 43.6 Å². The fourth-order valence-electron chi connectivity index (χ4n) is 2.37. The first-order valence-corrected chi connectivity index (χ1v) is 8.60. The molecule has 5 nitrogen and oxygen atoms in total. The van der Waals surface area contributed by atoms with E-state index in [-0.39, 0.29) is 24.5 Å². The molecule has 5 heteroatoms. The Bertz CT molecular complexity index is 760. The first kappa shape index (κ1) is 19.5. The second kappa shape index (κ2) is 8.52. The van der Waals surface area contributed by atoms with E-state index in [2.05, 4.69) is 26.1 Å². The largest absolute Gasteiger partial charge is 0.484 e. The highest BCUT2D eigenvalue weighted by molar-refractivity contribution is 6.01. The number of benzene rings is 2. The standard InChI is InChI=1S/C21H25NO4/c1-5-25-20(24)17-8-6-7-9-18(17)22-19(23)14-26-16-12-10-15(11-13-16)21(2,3)4/h6-13H,5,14H2,1-4H3,(H,22,23). The predicted molar refractivity (Wildman–Crippen MR) is 102 cm³/mol. The number of rotatable bonds is 6. The highest BCUT2D eigenvalue weighted by atomic mass is 16.5. The van der Waals surface area contributed by atoms with Gasteiger partial charge in [-0.1, -0.05) is 45.0 Å². The Hall–Kier alpha value is -2.82. The van der Waals surface area contributed by atoms with Gasteiger partial charge in [0.1, 0.15) is 5.75 Å². The highest BCUT2D eigenvalue weighted by Crippen LogP contribution is 2.24. The molecule has 0 aliphatic rings. The molecule has 0 unspecified atom stereocenters. The molecule has 2 aromatic rings. The Morgan fingerprint density at radius 2 is 1.65 bits per heavy atom. The molecular formula is C21H25NO4. The van der Waals surface area contributed by atoms with E-state index >= 15 is 0 Å². The van der Waals surface area contributed by atoms with Crippen molar-refractivity contribution in [1.29, 1.82) is 0 Å². The summed E-state index contributed by atoms with van der Waals surface area (Å²) in [4.78, 5) is 24.1. The van der Waals surface area contributed by atoms with Gasteiger partial charge >= 0.3 is 5.97 Å². The molecule has 0 aliphatic carbocycles. The van der Waals surface area contributed by atoms with Gasteiger partial charge in [-0.25, -0.2) is 4.79 Å². The summed E-state index contributed by atoms with van der Waals surface area (Å²) in [6.45, 7) is 8.27. The molecule has 0 heterocycles. The van der Waals surface area contributed by atoms with E-state index in [1.54, 1.807) is 31.2 Å². The average molecular weight is 355 g/mol. The fraction of sp³-hybridized carbons (Fsp3) is 0.333. The minimum atomic E-state index is -0.470. The van der Waals surface area contributed by atoms with Crippen molar-refractivity contribution in [3.63, 3.8) is 0 Å². The van der Waals surface area contributed by atoms with Crippen LogP contribution in [-0.2, 0) is 14.9 Å².